The largest absolute Gasteiger partial charge is 0.313 e. The Bertz CT molecular complexity index is 782. The molecule has 4 nitrogen and oxygen atoms in total. The van der Waals surface area contributed by atoms with Crippen LogP contribution in [0.3, 0.4) is 0 Å². The van der Waals surface area contributed by atoms with Crippen molar-refractivity contribution in [3.63, 3.8) is 0 Å². The van der Waals surface area contributed by atoms with Gasteiger partial charge in [0.05, 0.1) is 16.7 Å². The molecule has 0 fully saturated rings. The Morgan fingerprint density at radius 3 is 2.61 bits per heavy atom. The third-order valence-electron chi connectivity index (χ3n) is 4.42. The second-order valence-electron chi connectivity index (χ2n) is 6.24. The quantitative estimate of drug-likeness (QED) is 0.646. The maximum atomic E-state index is 4.91. The van der Waals surface area contributed by atoms with Crippen LogP contribution in [-0.2, 0) is 19.9 Å². The van der Waals surface area contributed by atoms with E-state index in [0.29, 0.717) is 0 Å². The van der Waals surface area contributed by atoms with Gasteiger partial charge in [-0.15, -0.1) is 0 Å². The molecular formula is C19H26N4. The molecule has 2 aromatic heterocycles. The van der Waals surface area contributed by atoms with Crippen molar-refractivity contribution in [2.24, 2.45) is 7.05 Å². The molecule has 0 amide bonds. The minimum atomic E-state index is 0.944. The predicted octanol–water partition coefficient (Wildman–Crippen LogP) is 4.44. The number of hydrogen-bond donors (Lipinski definition) is 0. The third kappa shape index (κ3) is 3.16. The molecule has 0 atom stereocenters. The first-order valence-electron chi connectivity index (χ1n) is 8.72. The molecule has 4 heteroatoms. The van der Waals surface area contributed by atoms with Crippen LogP contribution in [0.5, 0.6) is 0 Å². The number of hydrogen-bond acceptors (Lipinski definition) is 2. The molecule has 0 saturated heterocycles. The second-order valence-corrected chi connectivity index (χ2v) is 6.24. The van der Waals surface area contributed by atoms with Gasteiger partial charge in [-0.3, -0.25) is 4.57 Å². The number of aryl methyl sites for hydroxylation is 3. The number of rotatable bonds is 7. The normalized spacial score (nSPS) is 11.4. The number of para-hydroxylation sites is 1. The van der Waals surface area contributed by atoms with Crippen LogP contribution in [0.1, 0.15) is 50.8 Å². The van der Waals surface area contributed by atoms with Crippen molar-refractivity contribution in [2.75, 3.05) is 0 Å². The Morgan fingerprint density at radius 2 is 1.83 bits per heavy atom. The molecule has 3 rings (SSSR count). The summed E-state index contributed by atoms with van der Waals surface area (Å²) >= 11 is 0. The van der Waals surface area contributed by atoms with Crippen molar-refractivity contribution < 1.29 is 0 Å². The van der Waals surface area contributed by atoms with E-state index in [0.717, 1.165) is 30.0 Å². The standard InChI is InChI=1S/C19H26N4/c1-4-6-9-15-10-8-12-17-18(15)21-19(22(17)3)23-13-16(20-14-23)11-7-5-2/h8,10,12-14H,4-7,9,11H2,1-3H3. The number of benzene rings is 1. The summed E-state index contributed by atoms with van der Waals surface area (Å²) in [5.74, 6) is 0.944. The van der Waals surface area contributed by atoms with E-state index < -0.39 is 0 Å². The summed E-state index contributed by atoms with van der Waals surface area (Å²) in [4.78, 5) is 9.44. The minimum absolute atomic E-state index is 0.944. The third-order valence-corrected chi connectivity index (χ3v) is 4.42. The monoisotopic (exact) mass is 310 g/mol. The van der Waals surface area contributed by atoms with E-state index in [1.54, 1.807) is 0 Å². The van der Waals surface area contributed by atoms with Crippen molar-refractivity contribution in [1.29, 1.82) is 0 Å². The highest BCUT2D eigenvalue weighted by atomic mass is 15.2. The molecule has 23 heavy (non-hydrogen) atoms. The highest BCUT2D eigenvalue weighted by Crippen LogP contribution is 2.23. The molecule has 122 valence electrons. The summed E-state index contributed by atoms with van der Waals surface area (Å²) in [5.41, 5.74) is 4.81. The zero-order valence-corrected chi connectivity index (χ0v) is 14.4. The van der Waals surface area contributed by atoms with Crippen LogP contribution in [0, 0.1) is 0 Å². The molecule has 0 unspecified atom stereocenters. The number of imidazole rings is 2. The smallest absolute Gasteiger partial charge is 0.215 e. The highest BCUT2D eigenvalue weighted by molar-refractivity contribution is 5.80. The van der Waals surface area contributed by atoms with Crippen molar-refractivity contribution in [3.8, 4) is 5.95 Å². The fourth-order valence-corrected chi connectivity index (χ4v) is 3.02. The summed E-state index contributed by atoms with van der Waals surface area (Å²) in [6.45, 7) is 4.44. The van der Waals surface area contributed by atoms with E-state index in [4.69, 9.17) is 4.98 Å². The molecule has 1 aromatic carbocycles. The van der Waals surface area contributed by atoms with Gasteiger partial charge in [0.1, 0.15) is 6.33 Å². The highest BCUT2D eigenvalue weighted by Gasteiger charge is 2.13. The maximum absolute atomic E-state index is 4.91. The molecule has 0 spiro atoms. The summed E-state index contributed by atoms with van der Waals surface area (Å²) in [5, 5.41) is 0. The molecule has 0 bridgehead atoms. The van der Waals surface area contributed by atoms with Gasteiger partial charge in [-0.1, -0.05) is 38.8 Å². The van der Waals surface area contributed by atoms with Crippen molar-refractivity contribution in [3.05, 3.63) is 42.0 Å². The molecule has 2 heterocycles. The zero-order valence-electron chi connectivity index (χ0n) is 14.4. The van der Waals surface area contributed by atoms with Crippen molar-refractivity contribution in [2.45, 2.75) is 52.4 Å². The Balaban J connectivity index is 1.98. The Labute approximate surface area is 138 Å². The molecule has 0 radical (unpaired) electrons. The van der Waals surface area contributed by atoms with Gasteiger partial charge >= 0.3 is 0 Å². The zero-order chi connectivity index (χ0) is 16.2. The lowest BCUT2D eigenvalue weighted by Gasteiger charge is -2.02. The van der Waals surface area contributed by atoms with Crippen LogP contribution in [0.4, 0.5) is 0 Å². The average molecular weight is 310 g/mol. The molecular weight excluding hydrogens is 284 g/mol. The Hall–Kier alpha value is -2.10. The lowest BCUT2D eigenvalue weighted by atomic mass is 10.1. The van der Waals surface area contributed by atoms with Crippen LogP contribution in [-0.4, -0.2) is 19.1 Å². The number of nitrogens with zero attached hydrogens (tertiary/aromatic N) is 4. The van der Waals surface area contributed by atoms with Gasteiger partial charge in [-0.2, -0.15) is 0 Å². The van der Waals surface area contributed by atoms with Crippen LogP contribution in [0.15, 0.2) is 30.7 Å². The lowest BCUT2D eigenvalue weighted by Crippen LogP contribution is -2.00. The van der Waals surface area contributed by atoms with Crippen molar-refractivity contribution >= 4 is 11.0 Å². The fourth-order valence-electron chi connectivity index (χ4n) is 3.02. The summed E-state index contributed by atoms with van der Waals surface area (Å²) in [6, 6.07) is 6.49. The number of fused-ring (bicyclic) bond motifs is 1. The van der Waals surface area contributed by atoms with E-state index in [9.17, 15) is 0 Å². The molecule has 0 aliphatic heterocycles. The molecule has 0 aliphatic carbocycles. The Morgan fingerprint density at radius 1 is 1.04 bits per heavy atom. The topological polar surface area (TPSA) is 35.6 Å². The second kappa shape index (κ2) is 6.99. The number of unbranched alkanes of at least 4 members (excludes halogenated alkanes) is 2. The minimum Gasteiger partial charge on any atom is -0.313 e. The number of aromatic nitrogens is 4. The van der Waals surface area contributed by atoms with Gasteiger partial charge < -0.3 is 4.57 Å². The first-order chi connectivity index (χ1) is 11.2. The Kier molecular flexibility index (Phi) is 4.79. The van der Waals surface area contributed by atoms with Gasteiger partial charge in [0.25, 0.3) is 0 Å². The molecule has 0 saturated carbocycles. The summed E-state index contributed by atoms with van der Waals surface area (Å²) < 4.78 is 4.21. The SMILES string of the molecule is CCCCc1cn(-c2nc3c(CCCC)cccc3n2C)cn1. The fraction of sp³-hybridized carbons (Fsp3) is 0.474. The first-order valence-corrected chi connectivity index (χ1v) is 8.72. The van der Waals surface area contributed by atoms with Gasteiger partial charge in [0.15, 0.2) is 0 Å². The molecule has 0 N–H and O–H groups in total. The average Bonchev–Trinajstić information content (AvgIpc) is 3.16. The van der Waals surface area contributed by atoms with Gasteiger partial charge in [-0.05, 0) is 37.3 Å². The van der Waals surface area contributed by atoms with E-state index >= 15 is 0 Å². The van der Waals surface area contributed by atoms with Gasteiger partial charge in [-0.25, -0.2) is 9.97 Å². The molecule has 3 aromatic rings. The van der Waals surface area contributed by atoms with Crippen LogP contribution >= 0.6 is 0 Å². The van der Waals surface area contributed by atoms with Crippen molar-refractivity contribution in [1.82, 2.24) is 19.1 Å². The maximum Gasteiger partial charge on any atom is 0.215 e. The van der Waals surface area contributed by atoms with Crippen LogP contribution in [0.2, 0.25) is 0 Å². The first kappa shape index (κ1) is 15.8. The van der Waals surface area contributed by atoms with Gasteiger partial charge in [0, 0.05) is 13.2 Å². The molecule has 0 aliphatic rings. The van der Waals surface area contributed by atoms with E-state index in [-0.39, 0.29) is 0 Å². The van der Waals surface area contributed by atoms with E-state index in [1.165, 1.54) is 36.8 Å². The van der Waals surface area contributed by atoms with Crippen LogP contribution < -0.4 is 0 Å². The van der Waals surface area contributed by atoms with E-state index in [1.807, 2.05) is 6.33 Å². The summed E-state index contributed by atoms with van der Waals surface area (Å²) in [7, 11) is 2.08. The van der Waals surface area contributed by atoms with E-state index in [2.05, 4.69) is 59.4 Å². The predicted molar refractivity (Wildman–Crippen MR) is 95.1 cm³/mol. The summed E-state index contributed by atoms with van der Waals surface area (Å²) in [6.07, 6.45) is 10.9. The van der Waals surface area contributed by atoms with Gasteiger partial charge in [0.2, 0.25) is 5.95 Å². The van der Waals surface area contributed by atoms with Crippen LogP contribution in [0.25, 0.3) is 17.0 Å². The lowest BCUT2D eigenvalue weighted by molar-refractivity contribution is 0.779.